The third-order valence-corrected chi connectivity index (χ3v) is 2.93. The molecule has 3 aliphatic rings. The Hall–Kier alpha value is -1.44. The van der Waals surface area contributed by atoms with Gasteiger partial charge in [-0.2, -0.15) is 0 Å². The van der Waals surface area contributed by atoms with Crippen LogP contribution in [0.4, 0.5) is 0 Å². The van der Waals surface area contributed by atoms with E-state index in [-0.39, 0.29) is 0 Å². The van der Waals surface area contributed by atoms with E-state index < -0.39 is 0 Å². The molecule has 14 heavy (non-hydrogen) atoms. The lowest BCUT2D eigenvalue weighted by Gasteiger charge is -2.13. The van der Waals surface area contributed by atoms with Gasteiger partial charge in [0.15, 0.2) is 0 Å². The highest BCUT2D eigenvalue weighted by molar-refractivity contribution is 6.06. The fourth-order valence-electron chi connectivity index (χ4n) is 2.20. The Labute approximate surface area is 83.5 Å². The first-order valence-electron chi connectivity index (χ1n) is 5.16. The summed E-state index contributed by atoms with van der Waals surface area (Å²) in [6.07, 6.45) is 12.8. The third-order valence-electron chi connectivity index (χ3n) is 2.93. The molecule has 0 aromatic carbocycles. The van der Waals surface area contributed by atoms with Gasteiger partial charge in [-0.05, 0) is 43.4 Å². The van der Waals surface area contributed by atoms with E-state index in [0.717, 1.165) is 12.1 Å². The van der Waals surface area contributed by atoms with Crippen molar-refractivity contribution >= 4 is 11.9 Å². The van der Waals surface area contributed by atoms with Gasteiger partial charge in [0.25, 0.3) is 0 Å². The summed E-state index contributed by atoms with van der Waals surface area (Å²) in [6.45, 7) is 0. The molecule has 0 bridgehead atoms. The van der Waals surface area contributed by atoms with E-state index in [1.165, 1.54) is 36.1 Å². The monoisotopic (exact) mass is 184 g/mol. The van der Waals surface area contributed by atoms with Crippen LogP contribution in [-0.4, -0.2) is 11.9 Å². The summed E-state index contributed by atoms with van der Waals surface area (Å²) < 4.78 is 0. The SMILES string of the molecule is C1=C/C2=C3\N=CC=C3CCCCC2=N1. The van der Waals surface area contributed by atoms with Crippen LogP contribution in [0.15, 0.2) is 45.2 Å². The Morgan fingerprint density at radius 2 is 2.07 bits per heavy atom. The average molecular weight is 184 g/mol. The first-order chi connectivity index (χ1) is 6.95. The molecule has 0 aromatic heterocycles. The summed E-state index contributed by atoms with van der Waals surface area (Å²) >= 11 is 0. The lowest BCUT2D eigenvalue weighted by atomic mass is 9.94. The number of hydrogen-bond donors (Lipinski definition) is 0. The molecule has 0 aromatic rings. The fraction of sp³-hybridized carbons (Fsp3) is 0.333. The summed E-state index contributed by atoms with van der Waals surface area (Å²) in [4.78, 5) is 8.83. The van der Waals surface area contributed by atoms with Crippen molar-refractivity contribution in [2.45, 2.75) is 25.7 Å². The lowest BCUT2D eigenvalue weighted by molar-refractivity contribution is 0.753. The second kappa shape index (κ2) is 3.05. The van der Waals surface area contributed by atoms with Crippen LogP contribution < -0.4 is 0 Å². The quantitative estimate of drug-likeness (QED) is 0.553. The Kier molecular flexibility index (Phi) is 1.72. The normalized spacial score (nSPS) is 29.1. The molecule has 3 rings (SSSR count). The van der Waals surface area contributed by atoms with E-state index in [9.17, 15) is 0 Å². The zero-order valence-electron chi connectivity index (χ0n) is 8.03. The van der Waals surface area contributed by atoms with Crippen molar-refractivity contribution < 1.29 is 0 Å². The van der Waals surface area contributed by atoms with Crippen molar-refractivity contribution in [1.82, 2.24) is 0 Å². The highest BCUT2D eigenvalue weighted by Gasteiger charge is 2.20. The van der Waals surface area contributed by atoms with Crippen LogP contribution in [0.2, 0.25) is 0 Å². The number of aliphatic imine (C=N–C) groups is 2. The molecule has 0 saturated carbocycles. The van der Waals surface area contributed by atoms with Crippen molar-refractivity contribution in [2.75, 3.05) is 0 Å². The van der Waals surface area contributed by atoms with Gasteiger partial charge in [0, 0.05) is 23.7 Å². The van der Waals surface area contributed by atoms with Crippen LogP contribution in [0.5, 0.6) is 0 Å². The molecule has 0 saturated heterocycles. The molecule has 2 heterocycles. The Morgan fingerprint density at radius 1 is 1.14 bits per heavy atom. The van der Waals surface area contributed by atoms with Crippen LogP contribution >= 0.6 is 0 Å². The van der Waals surface area contributed by atoms with E-state index in [1.807, 2.05) is 12.4 Å². The van der Waals surface area contributed by atoms with Gasteiger partial charge in [-0.3, -0.25) is 9.98 Å². The predicted molar refractivity (Wildman–Crippen MR) is 58.6 cm³/mol. The molecule has 0 atom stereocenters. The maximum absolute atomic E-state index is 4.43. The van der Waals surface area contributed by atoms with Crippen LogP contribution in [0.3, 0.4) is 0 Å². The van der Waals surface area contributed by atoms with Crippen LogP contribution in [0.1, 0.15) is 25.7 Å². The highest BCUT2D eigenvalue weighted by atomic mass is 14.8. The Bertz CT molecular complexity index is 380. The topological polar surface area (TPSA) is 24.7 Å². The number of nitrogens with zero attached hydrogens (tertiary/aromatic N) is 2. The molecule has 0 N–H and O–H groups in total. The van der Waals surface area contributed by atoms with Crippen LogP contribution in [0, 0.1) is 0 Å². The van der Waals surface area contributed by atoms with Gasteiger partial charge in [0.05, 0.1) is 5.70 Å². The van der Waals surface area contributed by atoms with Crippen molar-refractivity contribution in [1.29, 1.82) is 0 Å². The Balaban J connectivity index is 2.14. The summed E-state index contributed by atoms with van der Waals surface area (Å²) in [5.74, 6) is 0. The molecule has 0 fully saturated rings. The van der Waals surface area contributed by atoms with Gasteiger partial charge < -0.3 is 0 Å². The molecular weight excluding hydrogens is 172 g/mol. The summed E-state index contributed by atoms with van der Waals surface area (Å²) in [5.41, 5.74) is 5.03. The minimum Gasteiger partial charge on any atom is -0.261 e. The second-order valence-electron chi connectivity index (χ2n) is 3.83. The highest BCUT2D eigenvalue weighted by Crippen LogP contribution is 2.31. The summed E-state index contributed by atoms with van der Waals surface area (Å²) in [5, 5.41) is 0. The molecule has 2 aliphatic heterocycles. The number of fused-ring (bicyclic) bond motifs is 2. The Morgan fingerprint density at radius 3 is 3.07 bits per heavy atom. The van der Waals surface area contributed by atoms with Gasteiger partial charge in [-0.25, -0.2) is 0 Å². The van der Waals surface area contributed by atoms with Crippen molar-refractivity contribution in [3.05, 3.63) is 35.2 Å². The zero-order valence-corrected chi connectivity index (χ0v) is 8.03. The molecule has 2 heteroatoms. The fourth-order valence-corrected chi connectivity index (χ4v) is 2.20. The molecule has 0 radical (unpaired) electrons. The first kappa shape index (κ1) is 7.92. The molecule has 0 amide bonds. The van der Waals surface area contributed by atoms with Crippen LogP contribution in [0.25, 0.3) is 0 Å². The third kappa shape index (κ3) is 1.10. The first-order valence-corrected chi connectivity index (χ1v) is 5.16. The lowest BCUT2D eigenvalue weighted by Crippen LogP contribution is -2.04. The maximum Gasteiger partial charge on any atom is 0.0753 e. The van der Waals surface area contributed by atoms with Crippen molar-refractivity contribution in [3.63, 3.8) is 0 Å². The summed E-state index contributed by atoms with van der Waals surface area (Å²) in [7, 11) is 0. The van der Waals surface area contributed by atoms with Crippen molar-refractivity contribution in [3.8, 4) is 0 Å². The number of allylic oxidation sites excluding steroid dienone is 4. The molecule has 2 nitrogen and oxygen atoms in total. The minimum atomic E-state index is 1.11. The van der Waals surface area contributed by atoms with Gasteiger partial charge in [0.1, 0.15) is 0 Å². The minimum absolute atomic E-state index is 1.11. The van der Waals surface area contributed by atoms with E-state index in [2.05, 4.69) is 22.1 Å². The zero-order chi connectivity index (χ0) is 9.38. The smallest absolute Gasteiger partial charge is 0.0753 e. The predicted octanol–water partition coefficient (Wildman–Crippen LogP) is 2.79. The standard InChI is InChI=1S/C12H12N2/c1-2-4-11-10(6-8-13-11)12-9(3-1)5-7-14-12/h5-8H,1-4H2/b12-10+. The number of hydrogen-bond acceptors (Lipinski definition) is 2. The summed E-state index contributed by atoms with van der Waals surface area (Å²) in [6, 6.07) is 0. The van der Waals surface area contributed by atoms with Crippen LogP contribution in [-0.2, 0) is 0 Å². The largest absolute Gasteiger partial charge is 0.261 e. The van der Waals surface area contributed by atoms with E-state index in [1.54, 1.807) is 0 Å². The van der Waals surface area contributed by atoms with Gasteiger partial charge in [-0.15, -0.1) is 0 Å². The average Bonchev–Trinajstić information content (AvgIpc) is 2.75. The second-order valence-corrected chi connectivity index (χ2v) is 3.83. The van der Waals surface area contributed by atoms with E-state index in [0.29, 0.717) is 0 Å². The molecule has 0 spiro atoms. The van der Waals surface area contributed by atoms with Gasteiger partial charge in [0.2, 0.25) is 0 Å². The molecule has 70 valence electrons. The van der Waals surface area contributed by atoms with E-state index in [4.69, 9.17) is 0 Å². The molecule has 1 aliphatic carbocycles. The van der Waals surface area contributed by atoms with Gasteiger partial charge >= 0.3 is 0 Å². The maximum atomic E-state index is 4.43. The van der Waals surface area contributed by atoms with E-state index >= 15 is 0 Å². The number of rotatable bonds is 0. The van der Waals surface area contributed by atoms with Gasteiger partial charge in [-0.1, -0.05) is 0 Å². The molecular formula is C12H12N2. The van der Waals surface area contributed by atoms with Crippen molar-refractivity contribution in [2.24, 2.45) is 9.98 Å². The molecule has 0 unspecified atom stereocenters.